The van der Waals surface area contributed by atoms with E-state index in [1.54, 1.807) is 0 Å². The molecule has 0 unspecified atom stereocenters. The van der Waals surface area contributed by atoms with Crippen LogP contribution in [0.25, 0.3) is 0 Å². The third-order valence-electron chi connectivity index (χ3n) is 2.28. The zero-order valence-corrected chi connectivity index (χ0v) is 6.91. The first-order valence-corrected chi connectivity index (χ1v) is 4.09. The standard InChI is InChI=1S/C8H17N2/c1-9-7-5-3-4-6-8(7)10-2/h7,9-10H,3-6H2,1-2H3/t7-/m1/s1. The van der Waals surface area contributed by atoms with Crippen LogP contribution in [0.2, 0.25) is 0 Å². The molecule has 2 N–H and O–H groups in total. The van der Waals surface area contributed by atoms with Gasteiger partial charge in [-0.3, -0.25) is 0 Å². The Bertz CT molecular complexity index is 81.3. The number of likely N-dealkylation sites (N-methyl/N-ethyl adjacent to an activating group) is 2. The van der Waals surface area contributed by atoms with Crippen molar-refractivity contribution in [2.45, 2.75) is 31.7 Å². The summed E-state index contributed by atoms with van der Waals surface area (Å²) in [7, 11) is 4.05. The lowest BCUT2D eigenvalue weighted by Crippen LogP contribution is -2.40. The van der Waals surface area contributed by atoms with Crippen LogP contribution in [-0.4, -0.2) is 20.1 Å². The molecule has 1 rings (SSSR count). The van der Waals surface area contributed by atoms with Crippen LogP contribution in [0.4, 0.5) is 0 Å². The SMILES string of the molecule is CN[C]1CCCC[C@H]1NC. The highest BCUT2D eigenvalue weighted by molar-refractivity contribution is 4.99. The molecule has 2 nitrogen and oxygen atoms in total. The van der Waals surface area contributed by atoms with Crippen molar-refractivity contribution in [1.82, 2.24) is 10.6 Å². The zero-order chi connectivity index (χ0) is 7.40. The van der Waals surface area contributed by atoms with Crippen LogP contribution in [0.5, 0.6) is 0 Å². The van der Waals surface area contributed by atoms with E-state index >= 15 is 0 Å². The number of nitrogens with one attached hydrogen (secondary N) is 2. The van der Waals surface area contributed by atoms with Crippen LogP contribution < -0.4 is 10.6 Å². The molecular weight excluding hydrogens is 124 g/mol. The smallest absolute Gasteiger partial charge is 0.0532 e. The van der Waals surface area contributed by atoms with Crippen molar-refractivity contribution < 1.29 is 0 Å². The zero-order valence-electron chi connectivity index (χ0n) is 6.91. The summed E-state index contributed by atoms with van der Waals surface area (Å²) in [5, 5.41) is 6.56. The van der Waals surface area contributed by atoms with Crippen molar-refractivity contribution in [3.63, 3.8) is 0 Å². The van der Waals surface area contributed by atoms with Gasteiger partial charge < -0.3 is 10.6 Å². The third-order valence-corrected chi connectivity index (χ3v) is 2.28. The molecule has 1 aliphatic rings. The van der Waals surface area contributed by atoms with Crippen molar-refractivity contribution in [1.29, 1.82) is 0 Å². The molecule has 2 heteroatoms. The summed E-state index contributed by atoms with van der Waals surface area (Å²) in [4.78, 5) is 0. The highest BCUT2D eigenvalue weighted by Gasteiger charge is 2.22. The fourth-order valence-corrected chi connectivity index (χ4v) is 1.63. The topological polar surface area (TPSA) is 24.1 Å². The van der Waals surface area contributed by atoms with Gasteiger partial charge in [-0.2, -0.15) is 0 Å². The van der Waals surface area contributed by atoms with Gasteiger partial charge in [-0.25, -0.2) is 0 Å². The van der Waals surface area contributed by atoms with Crippen LogP contribution in [0, 0.1) is 6.04 Å². The number of hydrogen-bond acceptors (Lipinski definition) is 2. The molecule has 1 radical (unpaired) electrons. The lowest BCUT2D eigenvalue weighted by Gasteiger charge is -2.29. The largest absolute Gasteiger partial charge is 0.315 e. The molecule has 10 heavy (non-hydrogen) atoms. The van der Waals surface area contributed by atoms with Gasteiger partial charge in [0.15, 0.2) is 0 Å². The Balaban J connectivity index is 2.34. The summed E-state index contributed by atoms with van der Waals surface area (Å²) in [6, 6.07) is 2.10. The van der Waals surface area contributed by atoms with Crippen molar-refractivity contribution in [3.8, 4) is 0 Å². The van der Waals surface area contributed by atoms with Crippen LogP contribution >= 0.6 is 0 Å². The van der Waals surface area contributed by atoms with E-state index in [0.717, 1.165) is 0 Å². The predicted molar refractivity (Wildman–Crippen MR) is 43.6 cm³/mol. The van der Waals surface area contributed by atoms with E-state index in [1.807, 2.05) is 14.1 Å². The summed E-state index contributed by atoms with van der Waals surface area (Å²) in [6.07, 6.45) is 5.28. The average Bonchev–Trinajstić information content (AvgIpc) is 2.04. The minimum atomic E-state index is 0.624. The van der Waals surface area contributed by atoms with Crippen LogP contribution in [0.3, 0.4) is 0 Å². The normalized spacial score (nSPS) is 28.8. The predicted octanol–water partition coefficient (Wildman–Crippen LogP) is 0.900. The maximum atomic E-state index is 3.31. The van der Waals surface area contributed by atoms with Gasteiger partial charge in [-0.15, -0.1) is 0 Å². The van der Waals surface area contributed by atoms with E-state index in [-0.39, 0.29) is 0 Å². The molecular formula is C8H17N2. The average molecular weight is 141 g/mol. The van der Waals surface area contributed by atoms with Crippen molar-refractivity contribution in [2.24, 2.45) is 0 Å². The maximum Gasteiger partial charge on any atom is 0.0532 e. The van der Waals surface area contributed by atoms with E-state index in [2.05, 4.69) is 10.6 Å². The van der Waals surface area contributed by atoms with Crippen molar-refractivity contribution >= 4 is 0 Å². The molecule has 1 aliphatic carbocycles. The van der Waals surface area contributed by atoms with Gasteiger partial charge in [0, 0.05) is 6.04 Å². The minimum Gasteiger partial charge on any atom is -0.315 e. The second kappa shape index (κ2) is 3.94. The summed E-state index contributed by atoms with van der Waals surface area (Å²) < 4.78 is 0. The Morgan fingerprint density at radius 3 is 2.60 bits per heavy atom. The summed E-state index contributed by atoms with van der Waals surface area (Å²) in [6.45, 7) is 0. The van der Waals surface area contributed by atoms with Gasteiger partial charge in [0.05, 0.1) is 6.04 Å². The van der Waals surface area contributed by atoms with Crippen molar-refractivity contribution in [2.75, 3.05) is 14.1 Å². The van der Waals surface area contributed by atoms with E-state index in [0.29, 0.717) is 6.04 Å². The molecule has 0 heterocycles. The van der Waals surface area contributed by atoms with Gasteiger partial charge in [-0.1, -0.05) is 12.8 Å². The van der Waals surface area contributed by atoms with E-state index in [1.165, 1.54) is 31.7 Å². The van der Waals surface area contributed by atoms with Gasteiger partial charge in [-0.05, 0) is 26.9 Å². The molecule has 1 fully saturated rings. The van der Waals surface area contributed by atoms with Crippen molar-refractivity contribution in [3.05, 3.63) is 6.04 Å². The Morgan fingerprint density at radius 1 is 1.30 bits per heavy atom. The minimum absolute atomic E-state index is 0.624. The highest BCUT2D eigenvalue weighted by atomic mass is 15.0. The molecule has 0 aromatic carbocycles. The fourth-order valence-electron chi connectivity index (χ4n) is 1.63. The lowest BCUT2D eigenvalue weighted by atomic mass is 9.91. The van der Waals surface area contributed by atoms with Crippen LogP contribution in [0.1, 0.15) is 25.7 Å². The highest BCUT2D eigenvalue weighted by Crippen LogP contribution is 2.22. The molecule has 1 atom stereocenters. The second-order valence-electron chi connectivity index (χ2n) is 2.86. The number of hydrogen-bond donors (Lipinski definition) is 2. The Hall–Kier alpha value is -0.0800. The molecule has 0 aliphatic heterocycles. The maximum absolute atomic E-state index is 3.31. The molecule has 0 spiro atoms. The van der Waals surface area contributed by atoms with Crippen LogP contribution in [0.15, 0.2) is 0 Å². The van der Waals surface area contributed by atoms with E-state index < -0.39 is 0 Å². The van der Waals surface area contributed by atoms with Crippen LogP contribution in [-0.2, 0) is 0 Å². The molecule has 1 saturated carbocycles. The summed E-state index contributed by atoms with van der Waals surface area (Å²) in [5.41, 5.74) is 0. The van der Waals surface area contributed by atoms with Gasteiger partial charge in [0.2, 0.25) is 0 Å². The first-order chi connectivity index (χ1) is 4.88. The second-order valence-corrected chi connectivity index (χ2v) is 2.86. The molecule has 0 amide bonds. The van der Waals surface area contributed by atoms with Gasteiger partial charge in [0.25, 0.3) is 0 Å². The Morgan fingerprint density at radius 2 is 2.10 bits per heavy atom. The van der Waals surface area contributed by atoms with E-state index in [9.17, 15) is 0 Å². The number of rotatable bonds is 2. The first-order valence-electron chi connectivity index (χ1n) is 4.09. The third kappa shape index (κ3) is 1.70. The molecule has 0 saturated heterocycles. The molecule has 0 aromatic rings. The monoisotopic (exact) mass is 141 g/mol. The van der Waals surface area contributed by atoms with Gasteiger partial charge in [0.1, 0.15) is 0 Å². The Kier molecular flexibility index (Phi) is 3.16. The quantitative estimate of drug-likeness (QED) is 0.597. The lowest BCUT2D eigenvalue weighted by molar-refractivity contribution is 0.395. The molecule has 0 aromatic heterocycles. The first kappa shape index (κ1) is 8.02. The molecule has 59 valence electrons. The van der Waals surface area contributed by atoms with E-state index in [4.69, 9.17) is 0 Å². The molecule has 0 bridgehead atoms. The summed E-state index contributed by atoms with van der Waals surface area (Å²) >= 11 is 0. The Labute approximate surface area is 63.4 Å². The van der Waals surface area contributed by atoms with Gasteiger partial charge >= 0.3 is 0 Å². The fraction of sp³-hybridized carbons (Fsp3) is 0.875. The summed E-state index contributed by atoms with van der Waals surface area (Å²) in [5.74, 6) is 0.